The SMILES string of the molecule is CC1CCCN(Cc2ccc(C(=O)NCCCN3CCCCCC3)cc2)C1. The van der Waals surface area contributed by atoms with E-state index in [9.17, 15) is 4.79 Å². The number of benzene rings is 1. The molecule has 3 rings (SSSR count). The molecular formula is C23H37N3O. The Hall–Kier alpha value is -1.39. The van der Waals surface area contributed by atoms with Gasteiger partial charge in [0.1, 0.15) is 0 Å². The number of hydrogen-bond donors (Lipinski definition) is 1. The minimum absolute atomic E-state index is 0.0593. The van der Waals surface area contributed by atoms with E-state index >= 15 is 0 Å². The zero-order valence-electron chi connectivity index (χ0n) is 17.1. The summed E-state index contributed by atoms with van der Waals surface area (Å²) in [7, 11) is 0. The molecule has 2 heterocycles. The Kier molecular flexibility index (Phi) is 8.15. The van der Waals surface area contributed by atoms with Crippen LogP contribution in [0.15, 0.2) is 24.3 Å². The van der Waals surface area contributed by atoms with E-state index in [-0.39, 0.29) is 5.91 Å². The molecule has 2 fully saturated rings. The summed E-state index contributed by atoms with van der Waals surface area (Å²) in [6, 6.07) is 8.19. The zero-order valence-corrected chi connectivity index (χ0v) is 17.1. The number of likely N-dealkylation sites (tertiary alicyclic amines) is 2. The molecule has 1 aromatic carbocycles. The fraction of sp³-hybridized carbons (Fsp3) is 0.696. The average Bonchev–Trinajstić information content (AvgIpc) is 2.94. The number of piperidine rings is 1. The van der Waals surface area contributed by atoms with Crippen LogP contribution in [-0.2, 0) is 6.54 Å². The summed E-state index contributed by atoms with van der Waals surface area (Å²) < 4.78 is 0. The van der Waals surface area contributed by atoms with Gasteiger partial charge in [-0.3, -0.25) is 9.69 Å². The van der Waals surface area contributed by atoms with Crippen LogP contribution in [0.2, 0.25) is 0 Å². The smallest absolute Gasteiger partial charge is 0.251 e. The highest BCUT2D eigenvalue weighted by Gasteiger charge is 2.16. The van der Waals surface area contributed by atoms with E-state index < -0.39 is 0 Å². The van der Waals surface area contributed by atoms with Gasteiger partial charge in [0.2, 0.25) is 0 Å². The Morgan fingerprint density at radius 3 is 2.41 bits per heavy atom. The molecule has 2 aliphatic rings. The summed E-state index contributed by atoms with van der Waals surface area (Å²) in [5.41, 5.74) is 2.09. The van der Waals surface area contributed by atoms with Gasteiger partial charge in [0, 0.05) is 25.2 Å². The van der Waals surface area contributed by atoms with E-state index in [0.29, 0.717) is 0 Å². The third-order valence-corrected chi connectivity index (χ3v) is 6.00. The Labute approximate surface area is 165 Å². The molecule has 2 aliphatic heterocycles. The largest absolute Gasteiger partial charge is 0.352 e. The normalized spacial score (nSPS) is 22.3. The van der Waals surface area contributed by atoms with Gasteiger partial charge in [-0.25, -0.2) is 0 Å². The highest BCUT2D eigenvalue weighted by atomic mass is 16.1. The molecule has 27 heavy (non-hydrogen) atoms. The molecule has 1 aromatic rings. The third kappa shape index (κ3) is 6.93. The Morgan fingerprint density at radius 2 is 1.70 bits per heavy atom. The summed E-state index contributed by atoms with van der Waals surface area (Å²) in [4.78, 5) is 17.4. The fourth-order valence-electron chi connectivity index (χ4n) is 4.42. The Morgan fingerprint density at radius 1 is 1.00 bits per heavy atom. The van der Waals surface area contributed by atoms with Gasteiger partial charge >= 0.3 is 0 Å². The molecule has 1 atom stereocenters. The molecule has 1 N–H and O–H groups in total. The maximum absolute atomic E-state index is 12.4. The molecule has 2 saturated heterocycles. The summed E-state index contributed by atoms with van der Waals surface area (Å²) in [5.74, 6) is 0.863. The fourth-order valence-corrected chi connectivity index (χ4v) is 4.42. The average molecular weight is 372 g/mol. The summed E-state index contributed by atoms with van der Waals surface area (Å²) in [6.45, 7) is 10.1. The monoisotopic (exact) mass is 371 g/mol. The summed E-state index contributed by atoms with van der Waals surface area (Å²) in [5, 5.41) is 3.08. The first-order chi connectivity index (χ1) is 13.2. The van der Waals surface area contributed by atoms with Crippen molar-refractivity contribution < 1.29 is 4.79 Å². The molecule has 4 heteroatoms. The van der Waals surface area contributed by atoms with E-state index in [1.165, 1.54) is 70.3 Å². The molecule has 0 saturated carbocycles. The van der Waals surface area contributed by atoms with Crippen molar-refractivity contribution in [3.05, 3.63) is 35.4 Å². The predicted molar refractivity (Wildman–Crippen MR) is 112 cm³/mol. The van der Waals surface area contributed by atoms with Crippen molar-refractivity contribution in [3.8, 4) is 0 Å². The van der Waals surface area contributed by atoms with Gasteiger partial charge in [-0.1, -0.05) is 31.9 Å². The standard InChI is InChI=1S/C23H37N3O/c1-20-8-6-16-26(18-20)19-21-9-11-22(12-10-21)23(27)24-13-7-17-25-14-4-2-3-5-15-25/h9-12,20H,2-8,13-19H2,1H3,(H,24,27). The first-order valence-corrected chi connectivity index (χ1v) is 11.0. The second-order valence-electron chi connectivity index (χ2n) is 8.54. The van der Waals surface area contributed by atoms with Gasteiger partial charge in [0.05, 0.1) is 0 Å². The third-order valence-electron chi connectivity index (χ3n) is 6.00. The highest BCUT2D eigenvalue weighted by molar-refractivity contribution is 5.94. The van der Waals surface area contributed by atoms with Gasteiger partial charge in [0.15, 0.2) is 0 Å². The van der Waals surface area contributed by atoms with E-state index in [1.807, 2.05) is 12.1 Å². The minimum atomic E-state index is 0.0593. The lowest BCUT2D eigenvalue weighted by molar-refractivity contribution is 0.0951. The second-order valence-corrected chi connectivity index (χ2v) is 8.54. The number of hydrogen-bond acceptors (Lipinski definition) is 3. The second kappa shape index (κ2) is 10.8. The number of carbonyl (C=O) groups is 1. The Bertz CT molecular complexity index is 563. The van der Waals surface area contributed by atoms with Crippen LogP contribution >= 0.6 is 0 Å². The molecule has 0 aliphatic carbocycles. The van der Waals surface area contributed by atoms with Crippen LogP contribution in [0, 0.1) is 5.92 Å². The topological polar surface area (TPSA) is 35.6 Å². The van der Waals surface area contributed by atoms with Crippen molar-refractivity contribution in [3.63, 3.8) is 0 Å². The molecule has 1 amide bonds. The summed E-state index contributed by atoms with van der Waals surface area (Å²) in [6.07, 6.45) is 9.10. The molecule has 150 valence electrons. The number of carbonyl (C=O) groups excluding carboxylic acids is 1. The van der Waals surface area contributed by atoms with Gasteiger partial charge in [-0.05, 0) is 81.9 Å². The van der Waals surface area contributed by atoms with Crippen molar-refractivity contribution in [2.75, 3.05) is 39.3 Å². The van der Waals surface area contributed by atoms with E-state index in [1.54, 1.807) is 0 Å². The lowest BCUT2D eigenvalue weighted by atomic mass is 9.99. The van der Waals surface area contributed by atoms with Crippen molar-refractivity contribution in [2.45, 2.75) is 58.4 Å². The number of rotatable bonds is 7. The zero-order chi connectivity index (χ0) is 18.9. The number of nitrogens with one attached hydrogen (secondary N) is 1. The van der Waals surface area contributed by atoms with Gasteiger partial charge in [-0.15, -0.1) is 0 Å². The molecule has 0 radical (unpaired) electrons. The van der Waals surface area contributed by atoms with Crippen molar-refractivity contribution in [1.82, 2.24) is 15.1 Å². The van der Waals surface area contributed by atoms with Gasteiger partial charge < -0.3 is 10.2 Å². The maximum Gasteiger partial charge on any atom is 0.251 e. The predicted octanol–water partition coefficient (Wildman–Crippen LogP) is 3.91. The van der Waals surface area contributed by atoms with Crippen LogP contribution in [0.25, 0.3) is 0 Å². The number of nitrogens with zero attached hydrogens (tertiary/aromatic N) is 2. The van der Waals surface area contributed by atoms with Crippen LogP contribution in [0.5, 0.6) is 0 Å². The van der Waals surface area contributed by atoms with Crippen molar-refractivity contribution in [1.29, 1.82) is 0 Å². The maximum atomic E-state index is 12.4. The van der Waals surface area contributed by atoms with E-state index in [0.717, 1.165) is 37.5 Å². The first-order valence-electron chi connectivity index (χ1n) is 11.0. The van der Waals surface area contributed by atoms with Crippen LogP contribution in [0.3, 0.4) is 0 Å². The lowest BCUT2D eigenvalue weighted by Gasteiger charge is -2.30. The van der Waals surface area contributed by atoms with Gasteiger partial charge in [0.25, 0.3) is 5.91 Å². The van der Waals surface area contributed by atoms with Crippen molar-refractivity contribution in [2.24, 2.45) is 5.92 Å². The molecular weight excluding hydrogens is 334 g/mol. The van der Waals surface area contributed by atoms with Crippen molar-refractivity contribution >= 4 is 5.91 Å². The van der Waals surface area contributed by atoms with Gasteiger partial charge in [-0.2, -0.15) is 0 Å². The van der Waals surface area contributed by atoms with Crippen LogP contribution in [0.4, 0.5) is 0 Å². The molecule has 0 aromatic heterocycles. The van der Waals surface area contributed by atoms with Crippen LogP contribution in [-0.4, -0.2) is 55.0 Å². The quantitative estimate of drug-likeness (QED) is 0.738. The first kappa shape index (κ1) is 20.3. The van der Waals surface area contributed by atoms with E-state index in [4.69, 9.17) is 0 Å². The van der Waals surface area contributed by atoms with E-state index in [2.05, 4.69) is 34.2 Å². The molecule has 0 spiro atoms. The minimum Gasteiger partial charge on any atom is -0.352 e. The summed E-state index contributed by atoms with van der Waals surface area (Å²) >= 11 is 0. The molecule has 4 nitrogen and oxygen atoms in total. The highest BCUT2D eigenvalue weighted by Crippen LogP contribution is 2.18. The molecule has 1 unspecified atom stereocenters. The molecule has 0 bridgehead atoms. The van der Waals surface area contributed by atoms with Crippen LogP contribution < -0.4 is 5.32 Å². The van der Waals surface area contributed by atoms with Crippen LogP contribution in [0.1, 0.15) is 67.8 Å². The Balaban J connectivity index is 1.37. The number of amides is 1. The lowest BCUT2D eigenvalue weighted by Crippen LogP contribution is -2.33.